The molecule has 1 aromatic rings. The van der Waals surface area contributed by atoms with E-state index < -0.39 is 0 Å². The molecule has 1 spiro atoms. The number of piperidine rings is 1. The number of thiophene rings is 1. The first kappa shape index (κ1) is 19.9. The lowest BCUT2D eigenvalue weighted by atomic mass is 9.78. The van der Waals surface area contributed by atoms with E-state index in [-0.39, 0.29) is 30.4 Å². The first-order valence-corrected chi connectivity index (χ1v) is 9.89. The molecule has 0 saturated carbocycles. The molecule has 1 N–H and O–H groups in total. The predicted molar refractivity (Wildman–Crippen MR) is 105 cm³/mol. The summed E-state index contributed by atoms with van der Waals surface area (Å²) in [5.41, 5.74) is 1.88. The van der Waals surface area contributed by atoms with Gasteiger partial charge in [0.05, 0.1) is 25.4 Å². The summed E-state index contributed by atoms with van der Waals surface area (Å²) >= 11 is 1.91. The molecule has 0 bridgehead atoms. The Morgan fingerprint density at radius 1 is 1.28 bits per heavy atom. The van der Waals surface area contributed by atoms with Crippen LogP contribution >= 0.6 is 36.2 Å². The quantitative estimate of drug-likeness (QED) is 0.818. The van der Waals surface area contributed by atoms with Crippen LogP contribution in [0.3, 0.4) is 0 Å². The molecule has 5 rings (SSSR count). The third kappa shape index (κ3) is 3.27. The van der Waals surface area contributed by atoms with Gasteiger partial charge in [0.2, 0.25) is 0 Å². The molecule has 3 saturated heterocycles. The Morgan fingerprint density at radius 3 is 2.96 bits per heavy atom. The second-order valence-corrected chi connectivity index (χ2v) is 8.83. The normalized spacial score (nSPS) is 33.4. The second kappa shape index (κ2) is 7.63. The molecule has 4 nitrogen and oxygen atoms in total. The highest BCUT2D eigenvalue weighted by molar-refractivity contribution is 7.10. The lowest BCUT2D eigenvalue weighted by molar-refractivity contribution is -0.101. The fourth-order valence-electron chi connectivity index (χ4n) is 5.18. The van der Waals surface area contributed by atoms with Crippen LogP contribution in [0, 0.1) is 11.3 Å². The van der Waals surface area contributed by atoms with Crippen LogP contribution in [0.2, 0.25) is 0 Å². The minimum absolute atomic E-state index is 0. The lowest BCUT2D eigenvalue weighted by Crippen LogP contribution is -2.50. The van der Waals surface area contributed by atoms with Crippen molar-refractivity contribution in [1.82, 2.24) is 10.2 Å². The Balaban J connectivity index is 0.000000911. The van der Waals surface area contributed by atoms with Crippen molar-refractivity contribution in [2.45, 2.75) is 24.9 Å². The smallest absolute Gasteiger partial charge is 0.0966 e. The lowest BCUT2D eigenvalue weighted by Gasteiger charge is -2.45. The Labute approximate surface area is 166 Å². The SMILES string of the molecule is Cl.Cl.c1cc2c(s1)CCOC21CCN(C[C@]23CNC[C@H]2COC3)CC1. The van der Waals surface area contributed by atoms with Crippen LogP contribution in [-0.4, -0.2) is 57.4 Å². The maximum absolute atomic E-state index is 6.34. The van der Waals surface area contributed by atoms with E-state index in [0.29, 0.717) is 11.3 Å². The molecule has 2 atom stereocenters. The van der Waals surface area contributed by atoms with Gasteiger partial charge in [-0.1, -0.05) is 0 Å². The molecule has 4 aliphatic heterocycles. The average Bonchev–Trinajstić information content (AvgIpc) is 3.25. The largest absolute Gasteiger partial charge is 0.380 e. The van der Waals surface area contributed by atoms with Crippen molar-refractivity contribution in [3.63, 3.8) is 0 Å². The number of nitrogens with one attached hydrogen (secondary N) is 1. The van der Waals surface area contributed by atoms with Gasteiger partial charge in [-0.15, -0.1) is 36.2 Å². The number of halogens is 2. The van der Waals surface area contributed by atoms with Gasteiger partial charge in [0.15, 0.2) is 0 Å². The Kier molecular flexibility index (Phi) is 6.06. The molecular weight excluding hydrogens is 379 g/mol. The van der Waals surface area contributed by atoms with E-state index in [1.165, 1.54) is 12.1 Å². The molecule has 0 aromatic carbocycles. The summed E-state index contributed by atoms with van der Waals surface area (Å²) in [7, 11) is 0. The van der Waals surface area contributed by atoms with Gasteiger partial charge >= 0.3 is 0 Å². The molecule has 0 aliphatic carbocycles. The highest BCUT2D eigenvalue weighted by Crippen LogP contribution is 2.45. The Hall–Kier alpha value is 0.120. The number of fused-ring (bicyclic) bond motifs is 3. The molecule has 0 unspecified atom stereocenters. The number of ether oxygens (including phenoxy) is 2. The van der Waals surface area contributed by atoms with E-state index >= 15 is 0 Å². The number of rotatable bonds is 2. The van der Waals surface area contributed by atoms with Crippen molar-refractivity contribution in [3.05, 3.63) is 21.9 Å². The van der Waals surface area contributed by atoms with E-state index in [2.05, 4.69) is 21.7 Å². The third-order valence-electron chi connectivity index (χ3n) is 6.59. The van der Waals surface area contributed by atoms with E-state index in [1.54, 1.807) is 4.88 Å². The fourth-order valence-corrected chi connectivity index (χ4v) is 6.13. The Morgan fingerprint density at radius 2 is 2.12 bits per heavy atom. The summed E-state index contributed by atoms with van der Waals surface area (Å²) in [5.74, 6) is 0.716. The predicted octanol–water partition coefficient (Wildman–Crippen LogP) is 2.69. The zero-order chi connectivity index (χ0) is 15.3. The van der Waals surface area contributed by atoms with Crippen LogP contribution < -0.4 is 5.32 Å². The standard InChI is InChI=1S/C18H26N2O2S.2ClH/c1-7-22-18(15-2-8-23-16(1)15)3-5-20(6-4-18)12-17-11-19-9-14(17)10-21-13-17;;/h2,8,14,19H,1,3-7,9-13H2;2*1H/t14-,17-;;/m0../s1. The minimum Gasteiger partial charge on any atom is -0.380 e. The van der Waals surface area contributed by atoms with E-state index in [1.807, 2.05) is 11.3 Å². The van der Waals surface area contributed by atoms with Crippen molar-refractivity contribution in [2.24, 2.45) is 11.3 Å². The minimum atomic E-state index is 0. The molecule has 25 heavy (non-hydrogen) atoms. The highest BCUT2D eigenvalue weighted by Gasteiger charge is 2.49. The van der Waals surface area contributed by atoms with Crippen LogP contribution in [0.25, 0.3) is 0 Å². The molecule has 7 heteroatoms. The second-order valence-electron chi connectivity index (χ2n) is 7.83. The number of nitrogens with zero attached hydrogens (tertiary/aromatic N) is 1. The van der Waals surface area contributed by atoms with Crippen LogP contribution in [-0.2, 0) is 21.5 Å². The van der Waals surface area contributed by atoms with Gasteiger partial charge in [-0.2, -0.15) is 0 Å². The van der Waals surface area contributed by atoms with Crippen molar-refractivity contribution >= 4 is 36.2 Å². The number of likely N-dealkylation sites (tertiary alicyclic amines) is 1. The van der Waals surface area contributed by atoms with Crippen molar-refractivity contribution in [2.75, 3.05) is 52.5 Å². The zero-order valence-corrected chi connectivity index (χ0v) is 16.9. The van der Waals surface area contributed by atoms with Crippen molar-refractivity contribution in [3.8, 4) is 0 Å². The summed E-state index contributed by atoms with van der Waals surface area (Å²) in [6.45, 7) is 8.56. The summed E-state index contributed by atoms with van der Waals surface area (Å²) < 4.78 is 12.1. The Bertz CT molecular complexity index is 579. The van der Waals surface area contributed by atoms with Crippen LogP contribution in [0.4, 0.5) is 0 Å². The summed E-state index contributed by atoms with van der Waals surface area (Å²) in [6, 6.07) is 2.31. The summed E-state index contributed by atoms with van der Waals surface area (Å²) in [4.78, 5) is 4.23. The molecule has 5 heterocycles. The van der Waals surface area contributed by atoms with Gasteiger partial charge < -0.3 is 19.7 Å². The molecule has 0 radical (unpaired) electrons. The van der Waals surface area contributed by atoms with Gasteiger partial charge in [0, 0.05) is 55.4 Å². The van der Waals surface area contributed by atoms with E-state index in [0.717, 1.165) is 65.3 Å². The third-order valence-corrected chi connectivity index (χ3v) is 7.57. The number of hydrogen-bond acceptors (Lipinski definition) is 5. The molecule has 4 aliphatic rings. The summed E-state index contributed by atoms with van der Waals surface area (Å²) in [6.07, 6.45) is 3.39. The van der Waals surface area contributed by atoms with Crippen molar-refractivity contribution in [1.29, 1.82) is 0 Å². The summed E-state index contributed by atoms with van der Waals surface area (Å²) in [5, 5.41) is 5.84. The van der Waals surface area contributed by atoms with Crippen LogP contribution in [0.15, 0.2) is 11.4 Å². The fraction of sp³-hybridized carbons (Fsp3) is 0.778. The maximum atomic E-state index is 6.34. The van der Waals surface area contributed by atoms with Crippen LogP contribution in [0.5, 0.6) is 0 Å². The molecule has 142 valence electrons. The van der Waals surface area contributed by atoms with E-state index in [4.69, 9.17) is 9.47 Å². The molecule has 0 amide bonds. The monoisotopic (exact) mass is 406 g/mol. The van der Waals surface area contributed by atoms with Gasteiger partial charge in [-0.25, -0.2) is 0 Å². The molecular formula is C18H28Cl2N2O2S. The topological polar surface area (TPSA) is 33.7 Å². The van der Waals surface area contributed by atoms with Gasteiger partial charge in [0.25, 0.3) is 0 Å². The highest BCUT2D eigenvalue weighted by atomic mass is 35.5. The average molecular weight is 407 g/mol. The first-order valence-electron chi connectivity index (χ1n) is 9.01. The van der Waals surface area contributed by atoms with Gasteiger partial charge in [0.1, 0.15) is 0 Å². The number of hydrogen-bond donors (Lipinski definition) is 1. The van der Waals surface area contributed by atoms with Crippen LogP contribution in [0.1, 0.15) is 23.3 Å². The molecule has 1 aromatic heterocycles. The van der Waals surface area contributed by atoms with Gasteiger partial charge in [-0.05, 0) is 29.9 Å². The first-order chi connectivity index (χ1) is 11.3. The van der Waals surface area contributed by atoms with Gasteiger partial charge in [-0.3, -0.25) is 0 Å². The molecule has 3 fully saturated rings. The van der Waals surface area contributed by atoms with E-state index in [9.17, 15) is 0 Å². The maximum Gasteiger partial charge on any atom is 0.0966 e. The van der Waals surface area contributed by atoms with Crippen molar-refractivity contribution < 1.29 is 9.47 Å². The zero-order valence-electron chi connectivity index (χ0n) is 14.5.